The Balaban J connectivity index is -0.000000610. The average molecular weight is 1110 g/mol. The van der Waals surface area contributed by atoms with E-state index >= 15 is 0 Å². The number of nitrogens with one attached hydrogen (secondary N) is 1. The molecule has 0 aromatic heterocycles. The van der Waals surface area contributed by atoms with Crippen molar-refractivity contribution in [2.24, 2.45) is 0 Å². The number of hydrogen-bond donors (Lipinski definition) is 1. The molecule has 1 amide bonds. The van der Waals surface area contributed by atoms with E-state index in [-0.39, 0.29) is 31.1 Å². The Morgan fingerprint density at radius 3 is 0.813 bits per heavy atom. The first-order chi connectivity index (χ1) is 35.7. The fourth-order valence-electron chi connectivity index (χ4n) is 10.3. The van der Waals surface area contributed by atoms with Gasteiger partial charge in [0.1, 0.15) is 0 Å². The number of unbranched alkanes of at least 4 members (excludes halogenated alkanes) is 44. The summed E-state index contributed by atoms with van der Waals surface area (Å²) in [5.41, 5.74) is 0. The van der Waals surface area contributed by atoms with Gasteiger partial charge in [0.05, 0.1) is 54.4 Å². The molecule has 0 rings (SSSR count). The van der Waals surface area contributed by atoms with Crippen molar-refractivity contribution in [1.82, 2.24) is 5.32 Å². The molecular weight excluding hydrogens is 970 g/mol. The third-order valence-electron chi connectivity index (χ3n) is 15.9. The molecule has 0 aliphatic rings. The van der Waals surface area contributed by atoms with Gasteiger partial charge in [0.25, 0.3) is 0 Å². The lowest BCUT2D eigenvalue weighted by Crippen LogP contribution is -3.00. The number of quaternary nitrogens is 2. The van der Waals surface area contributed by atoms with Gasteiger partial charge in [-0.05, 0) is 46.0 Å². The first kappa shape index (κ1) is 81.0. The van der Waals surface area contributed by atoms with Gasteiger partial charge in [-0.25, -0.2) is 8.42 Å². The van der Waals surface area contributed by atoms with E-state index < -0.39 is 10.4 Å². The van der Waals surface area contributed by atoms with Crippen molar-refractivity contribution in [3.05, 3.63) is 0 Å². The predicted octanol–water partition coefficient (Wildman–Crippen LogP) is 17.3. The number of carbonyl (C=O) groups is 1. The second-order valence-electron chi connectivity index (χ2n) is 24.1. The molecule has 0 heterocycles. The molecule has 1 unspecified atom stereocenters. The lowest BCUT2D eigenvalue weighted by atomic mass is 10.0. The lowest BCUT2D eigenvalue weighted by Gasteiger charge is -2.36. The maximum absolute atomic E-state index is 12.2. The second-order valence-corrected chi connectivity index (χ2v) is 25.1. The van der Waals surface area contributed by atoms with Gasteiger partial charge >= 0.3 is 0 Å². The van der Waals surface area contributed by atoms with Crippen LogP contribution in [0.25, 0.3) is 0 Å². The van der Waals surface area contributed by atoms with Gasteiger partial charge in [-0.3, -0.25) is 8.98 Å². The minimum atomic E-state index is -4.42. The smallest absolute Gasteiger partial charge is 0.224 e. The summed E-state index contributed by atoms with van der Waals surface area (Å²) >= 11 is 0. The van der Waals surface area contributed by atoms with Crippen LogP contribution in [0.2, 0.25) is 0 Å². The van der Waals surface area contributed by atoms with Gasteiger partial charge < -0.3 is 31.2 Å². The van der Waals surface area contributed by atoms with Crippen LogP contribution in [0, 0.1) is 0 Å². The molecule has 0 aliphatic heterocycles. The highest BCUT2D eigenvalue weighted by molar-refractivity contribution is 7.80. The standard InChI is InChI=1S/C38H80N.C25H52N2O.C2H6O4S.ClH/c1-5-7-9-11-13-15-17-19-21-23-25-27-29-31-33-35-37-39(3,4)38-36-34-32-30-28-26-24-22-20-18-16-14-12-10-8-6-2;1-6-9-10-11-12-13-14-15-16-17-18-19-20-21-22-23-25(28)26-24(7-2)27(4,5)8-3;1-2-6-7(3,4)5;/h5-38H2,1-4H3;24H,6-23H2,1-5H3;2H2,1H3,(H,3,4,5);1H/q+1;;;/p-1. The van der Waals surface area contributed by atoms with Crippen LogP contribution in [0.15, 0.2) is 0 Å². The topological polar surface area (TPSA) is 95.5 Å². The van der Waals surface area contributed by atoms with Crippen molar-refractivity contribution in [1.29, 1.82) is 0 Å². The Bertz CT molecular complexity index is 1170. The minimum Gasteiger partial charge on any atom is -1.00 e. The third kappa shape index (κ3) is 69.6. The zero-order valence-electron chi connectivity index (χ0n) is 52.8. The summed E-state index contributed by atoms with van der Waals surface area (Å²) in [7, 11) is 4.91. The molecule has 0 bridgehead atoms. The van der Waals surface area contributed by atoms with Crippen molar-refractivity contribution in [2.45, 2.75) is 362 Å². The van der Waals surface area contributed by atoms with Crippen molar-refractivity contribution in [2.75, 3.05) is 54.4 Å². The molecular formula is C65H138ClN3O5S. The summed E-state index contributed by atoms with van der Waals surface area (Å²) in [6, 6.07) is 0. The third-order valence-corrected chi connectivity index (χ3v) is 16.4. The summed E-state index contributed by atoms with van der Waals surface area (Å²) in [6.07, 6.45) is 69.3. The van der Waals surface area contributed by atoms with E-state index in [0.29, 0.717) is 6.42 Å². The van der Waals surface area contributed by atoms with Crippen LogP contribution in [0.4, 0.5) is 0 Å². The molecule has 10 heteroatoms. The molecule has 1 N–H and O–H groups in total. The van der Waals surface area contributed by atoms with Gasteiger partial charge in [-0.15, -0.1) is 0 Å². The number of nitrogens with zero attached hydrogens (tertiary/aromatic N) is 2. The van der Waals surface area contributed by atoms with E-state index in [4.69, 9.17) is 0 Å². The Hall–Kier alpha value is -0.450. The van der Waals surface area contributed by atoms with Crippen molar-refractivity contribution < 1.29 is 43.3 Å². The maximum atomic E-state index is 12.2. The van der Waals surface area contributed by atoms with Crippen molar-refractivity contribution in [3.8, 4) is 0 Å². The van der Waals surface area contributed by atoms with Crippen LogP contribution in [-0.2, 0) is 19.4 Å². The first-order valence-corrected chi connectivity index (χ1v) is 34.5. The van der Waals surface area contributed by atoms with Gasteiger partial charge in [0.2, 0.25) is 16.3 Å². The fraction of sp³-hybridized carbons (Fsp3) is 0.985. The van der Waals surface area contributed by atoms with E-state index in [1.54, 1.807) is 0 Å². The molecule has 0 aromatic carbocycles. The zero-order chi connectivity index (χ0) is 55.5. The number of hydrogen-bond acceptors (Lipinski definition) is 5. The molecule has 0 fully saturated rings. The zero-order valence-corrected chi connectivity index (χ0v) is 54.3. The molecule has 1 atom stereocenters. The van der Waals surface area contributed by atoms with Gasteiger partial charge in [-0.2, -0.15) is 0 Å². The summed E-state index contributed by atoms with van der Waals surface area (Å²) in [5, 5.41) is 3.24. The Morgan fingerprint density at radius 2 is 0.627 bits per heavy atom. The van der Waals surface area contributed by atoms with Crippen LogP contribution >= 0.6 is 0 Å². The number of halogens is 1. The number of carbonyl (C=O) groups excluding carboxylic acids is 1. The minimum absolute atomic E-state index is 0. The largest absolute Gasteiger partial charge is 1.00 e. The molecule has 456 valence electrons. The highest BCUT2D eigenvalue weighted by Gasteiger charge is 2.26. The highest BCUT2D eigenvalue weighted by atomic mass is 35.5. The van der Waals surface area contributed by atoms with Crippen LogP contribution in [0.5, 0.6) is 0 Å². The molecule has 0 spiro atoms. The van der Waals surface area contributed by atoms with Crippen molar-refractivity contribution in [3.63, 3.8) is 0 Å². The van der Waals surface area contributed by atoms with Gasteiger partial charge in [0, 0.05) is 12.8 Å². The number of rotatable bonds is 56. The average Bonchev–Trinajstić information content (AvgIpc) is 3.36. The van der Waals surface area contributed by atoms with E-state index in [2.05, 4.69) is 72.3 Å². The molecule has 0 aliphatic carbocycles. The second kappa shape index (κ2) is 62.7. The maximum Gasteiger partial charge on any atom is 0.224 e. The summed E-state index contributed by atoms with van der Waals surface area (Å²) in [4.78, 5) is 12.2. The van der Waals surface area contributed by atoms with Crippen LogP contribution in [0.1, 0.15) is 356 Å². The van der Waals surface area contributed by atoms with E-state index in [0.717, 1.165) is 23.9 Å². The monoisotopic (exact) mass is 1110 g/mol. The quantitative estimate of drug-likeness (QED) is 0.0215. The SMILES string of the molecule is CCCCCCCCCCCCCCCCCC(=O)NC(CC)[N+](C)(C)CC.CCCCCCCCCCCCCCCCCC[N+](C)(C)CCCCCCCCCCCCCCCCCC.CCOS(=O)(=O)[O-].[Cl-]. The molecule has 0 radical (unpaired) electrons. The predicted molar refractivity (Wildman–Crippen MR) is 327 cm³/mol. The molecule has 8 nitrogen and oxygen atoms in total. The Morgan fingerprint density at radius 1 is 0.400 bits per heavy atom. The van der Waals surface area contributed by atoms with Crippen LogP contribution in [-0.4, -0.2) is 88.4 Å². The van der Waals surface area contributed by atoms with Gasteiger partial charge in [0.15, 0.2) is 6.17 Å². The van der Waals surface area contributed by atoms with Gasteiger partial charge in [-0.1, -0.05) is 297 Å². The normalized spacial score (nSPS) is 12.1. The van der Waals surface area contributed by atoms with E-state index in [9.17, 15) is 17.8 Å². The highest BCUT2D eigenvalue weighted by Crippen LogP contribution is 2.18. The van der Waals surface area contributed by atoms with Crippen molar-refractivity contribution >= 4 is 16.3 Å². The lowest BCUT2D eigenvalue weighted by molar-refractivity contribution is -0.915. The fourth-order valence-corrected chi connectivity index (χ4v) is 10.6. The number of amides is 1. The summed E-state index contributed by atoms with van der Waals surface area (Å²) in [6.45, 7) is 16.4. The first-order valence-electron chi connectivity index (χ1n) is 33.2. The van der Waals surface area contributed by atoms with E-state index in [1.165, 1.54) is 320 Å². The molecule has 0 saturated carbocycles. The summed E-state index contributed by atoms with van der Waals surface area (Å²) < 4.78 is 34.1. The summed E-state index contributed by atoms with van der Waals surface area (Å²) in [5.74, 6) is 0.237. The molecule has 75 heavy (non-hydrogen) atoms. The van der Waals surface area contributed by atoms with E-state index in [1.807, 2.05) is 0 Å². The Kier molecular flexibility index (Phi) is 67.8. The molecule has 0 saturated heterocycles. The Labute approximate surface area is 479 Å². The molecule has 0 aromatic rings. The van der Waals surface area contributed by atoms with Crippen LogP contribution < -0.4 is 17.7 Å². The van der Waals surface area contributed by atoms with Crippen LogP contribution in [0.3, 0.4) is 0 Å².